The number of halogens is 4. The van der Waals surface area contributed by atoms with E-state index in [0.717, 1.165) is 0 Å². The summed E-state index contributed by atoms with van der Waals surface area (Å²) in [6.07, 6.45) is 2.58. The fraction of sp³-hybridized carbons (Fsp3) is 0.0769. The number of hydrogen-bond donors (Lipinski definition) is 2. The number of nitrogens with zero attached hydrogens (tertiary/aromatic N) is 2. The quantitative estimate of drug-likeness (QED) is 0.591. The van der Waals surface area contributed by atoms with E-state index in [4.69, 9.17) is 56.9 Å². The van der Waals surface area contributed by atoms with Gasteiger partial charge in [0.15, 0.2) is 18.1 Å². The zero-order valence-corrected chi connectivity index (χ0v) is 14.7. The van der Waals surface area contributed by atoms with Crippen LogP contribution in [-0.4, -0.2) is 28.5 Å². The Balaban J connectivity index is 2.05. The average molecular weight is 410 g/mol. The highest BCUT2D eigenvalue weighted by molar-refractivity contribution is 6.50. The molecule has 0 saturated carbocycles. The summed E-state index contributed by atoms with van der Waals surface area (Å²) >= 11 is 23.6. The van der Waals surface area contributed by atoms with Crippen molar-refractivity contribution in [2.75, 3.05) is 17.7 Å². The molecular formula is C13H8Cl4N4O3. The third-order valence-corrected chi connectivity index (χ3v) is 4.21. The van der Waals surface area contributed by atoms with Crippen molar-refractivity contribution in [2.45, 2.75) is 0 Å². The molecule has 0 spiro atoms. The second kappa shape index (κ2) is 7.85. The van der Waals surface area contributed by atoms with E-state index in [-0.39, 0.29) is 37.3 Å². The number of ether oxygens (including phenoxy) is 1. The lowest BCUT2D eigenvalue weighted by Crippen LogP contribution is -2.22. The summed E-state index contributed by atoms with van der Waals surface area (Å²) in [7, 11) is 0. The summed E-state index contributed by atoms with van der Waals surface area (Å²) in [5, 5.41) is 2.58. The van der Waals surface area contributed by atoms with Crippen molar-refractivity contribution in [2.24, 2.45) is 0 Å². The molecule has 24 heavy (non-hydrogen) atoms. The minimum atomic E-state index is -0.905. The average Bonchev–Trinajstić information content (AvgIpc) is 2.55. The first-order valence-corrected chi connectivity index (χ1v) is 7.69. The minimum absolute atomic E-state index is 0.00362. The maximum atomic E-state index is 11.9. The number of carbonyl (C=O) groups is 2. The normalized spacial score (nSPS) is 10.3. The Morgan fingerprint density at radius 2 is 1.67 bits per heavy atom. The van der Waals surface area contributed by atoms with Crippen LogP contribution in [0.4, 0.5) is 11.5 Å². The van der Waals surface area contributed by atoms with Crippen LogP contribution >= 0.6 is 46.4 Å². The van der Waals surface area contributed by atoms with Crippen molar-refractivity contribution >= 4 is 69.8 Å². The topological polar surface area (TPSA) is 107 Å². The molecule has 0 fully saturated rings. The SMILES string of the molecule is Nc1nccnc1C(=O)OCC(=O)Nc1c(Cl)c(Cl)cc(Cl)c1Cl. The number of nitrogens with two attached hydrogens (primary N) is 1. The second-order valence-corrected chi connectivity index (χ2v) is 5.83. The maximum absolute atomic E-state index is 11.9. The predicted octanol–water partition coefficient (Wildman–Crippen LogP) is 3.47. The number of nitrogen functional groups attached to an aromatic ring is 1. The van der Waals surface area contributed by atoms with Crippen molar-refractivity contribution < 1.29 is 14.3 Å². The van der Waals surface area contributed by atoms with E-state index in [1.54, 1.807) is 0 Å². The number of esters is 1. The molecule has 1 amide bonds. The van der Waals surface area contributed by atoms with Gasteiger partial charge in [0.2, 0.25) is 0 Å². The fourth-order valence-corrected chi connectivity index (χ4v) is 2.47. The number of rotatable bonds is 4. The monoisotopic (exact) mass is 408 g/mol. The molecule has 2 rings (SSSR count). The Hall–Kier alpha value is -1.80. The van der Waals surface area contributed by atoms with E-state index in [9.17, 15) is 9.59 Å². The van der Waals surface area contributed by atoms with Crippen molar-refractivity contribution in [1.29, 1.82) is 0 Å². The minimum Gasteiger partial charge on any atom is -0.451 e. The molecule has 3 N–H and O–H groups in total. The highest BCUT2D eigenvalue weighted by atomic mass is 35.5. The molecule has 0 aliphatic heterocycles. The van der Waals surface area contributed by atoms with Crippen LogP contribution in [0, 0.1) is 0 Å². The van der Waals surface area contributed by atoms with Gasteiger partial charge < -0.3 is 15.8 Å². The predicted molar refractivity (Wildman–Crippen MR) is 91.8 cm³/mol. The van der Waals surface area contributed by atoms with Gasteiger partial charge in [-0.3, -0.25) is 4.79 Å². The molecule has 1 aromatic heterocycles. The van der Waals surface area contributed by atoms with E-state index < -0.39 is 18.5 Å². The summed E-state index contributed by atoms with van der Waals surface area (Å²) in [4.78, 5) is 31.1. The standard InChI is InChI=1S/C13H8Cl4N4O3/c14-5-3-6(15)9(17)10(8(5)16)21-7(22)4-24-13(23)11-12(18)20-2-1-19-11/h1-3H,4H2,(H2,18,20)(H,21,22). The van der Waals surface area contributed by atoms with Crippen LogP contribution in [0.5, 0.6) is 0 Å². The van der Waals surface area contributed by atoms with E-state index >= 15 is 0 Å². The number of hydrogen-bond acceptors (Lipinski definition) is 6. The van der Waals surface area contributed by atoms with E-state index in [1.165, 1.54) is 18.5 Å². The Labute approximate surface area is 156 Å². The van der Waals surface area contributed by atoms with E-state index in [1.807, 2.05) is 0 Å². The molecule has 1 aromatic carbocycles. The zero-order valence-electron chi connectivity index (χ0n) is 11.6. The molecule has 0 aliphatic carbocycles. The molecule has 1 heterocycles. The lowest BCUT2D eigenvalue weighted by molar-refractivity contribution is -0.119. The van der Waals surface area contributed by atoms with Gasteiger partial charge in [-0.1, -0.05) is 46.4 Å². The molecule has 7 nitrogen and oxygen atoms in total. The van der Waals surface area contributed by atoms with Gasteiger partial charge in [-0.05, 0) is 6.07 Å². The molecule has 2 aromatic rings. The van der Waals surface area contributed by atoms with Crippen LogP contribution in [0.2, 0.25) is 20.1 Å². The molecule has 0 atom stereocenters. The third-order valence-electron chi connectivity index (χ3n) is 2.63. The highest BCUT2D eigenvalue weighted by Crippen LogP contribution is 2.40. The maximum Gasteiger partial charge on any atom is 0.361 e. The Morgan fingerprint density at radius 1 is 1.08 bits per heavy atom. The van der Waals surface area contributed by atoms with Gasteiger partial charge in [-0.15, -0.1) is 0 Å². The summed E-state index contributed by atoms with van der Waals surface area (Å²) in [5.74, 6) is -1.74. The number of nitrogens with one attached hydrogen (secondary N) is 1. The van der Waals surface area contributed by atoms with Gasteiger partial charge in [0.05, 0.1) is 25.8 Å². The molecule has 0 bridgehead atoms. The number of amides is 1. The first-order valence-electron chi connectivity index (χ1n) is 6.17. The van der Waals surface area contributed by atoms with Gasteiger partial charge in [-0.2, -0.15) is 0 Å². The molecule has 0 unspecified atom stereocenters. The van der Waals surface area contributed by atoms with Crippen LogP contribution in [-0.2, 0) is 9.53 Å². The van der Waals surface area contributed by atoms with Crippen LogP contribution in [0.15, 0.2) is 18.5 Å². The van der Waals surface area contributed by atoms with Gasteiger partial charge >= 0.3 is 5.97 Å². The van der Waals surface area contributed by atoms with Crippen molar-refractivity contribution in [3.05, 3.63) is 44.2 Å². The first-order chi connectivity index (χ1) is 11.3. The highest BCUT2D eigenvalue weighted by Gasteiger charge is 2.19. The summed E-state index contributed by atoms with van der Waals surface area (Å²) < 4.78 is 4.80. The van der Waals surface area contributed by atoms with Crippen molar-refractivity contribution in [1.82, 2.24) is 9.97 Å². The zero-order chi connectivity index (χ0) is 17.9. The smallest absolute Gasteiger partial charge is 0.361 e. The van der Waals surface area contributed by atoms with E-state index in [0.29, 0.717) is 0 Å². The lowest BCUT2D eigenvalue weighted by atomic mass is 10.3. The third kappa shape index (κ3) is 4.18. The van der Waals surface area contributed by atoms with E-state index in [2.05, 4.69) is 15.3 Å². The van der Waals surface area contributed by atoms with Crippen LogP contribution in [0.1, 0.15) is 10.5 Å². The van der Waals surface area contributed by atoms with Gasteiger partial charge in [0.25, 0.3) is 5.91 Å². The molecular weight excluding hydrogens is 402 g/mol. The largest absolute Gasteiger partial charge is 0.451 e. The van der Waals surface area contributed by atoms with Crippen LogP contribution in [0.3, 0.4) is 0 Å². The fourth-order valence-electron chi connectivity index (χ4n) is 1.56. The van der Waals surface area contributed by atoms with Crippen LogP contribution < -0.4 is 11.1 Å². The Kier molecular flexibility index (Phi) is 6.06. The Morgan fingerprint density at radius 3 is 2.25 bits per heavy atom. The second-order valence-electron chi connectivity index (χ2n) is 4.26. The summed E-state index contributed by atoms with van der Waals surface area (Å²) in [6.45, 7) is -0.633. The lowest BCUT2D eigenvalue weighted by Gasteiger charge is -2.12. The number of anilines is 2. The van der Waals surface area contributed by atoms with Gasteiger partial charge in [-0.25, -0.2) is 14.8 Å². The summed E-state index contributed by atoms with van der Waals surface area (Å²) in [6, 6.07) is 1.33. The van der Waals surface area contributed by atoms with Crippen LogP contribution in [0.25, 0.3) is 0 Å². The molecule has 11 heteroatoms. The van der Waals surface area contributed by atoms with Crippen molar-refractivity contribution in [3.63, 3.8) is 0 Å². The Bertz CT molecular complexity index is 790. The number of benzene rings is 1. The number of aromatic nitrogens is 2. The molecule has 126 valence electrons. The first kappa shape index (κ1) is 18.5. The summed E-state index contributed by atoms with van der Waals surface area (Å²) in [5.41, 5.74) is 5.29. The molecule has 0 saturated heterocycles. The van der Waals surface area contributed by atoms with Gasteiger partial charge in [0, 0.05) is 12.4 Å². The molecule has 0 aliphatic rings. The van der Waals surface area contributed by atoms with Gasteiger partial charge in [0.1, 0.15) is 0 Å². The van der Waals surface area contributed by atoms with Crippen molar-refractivity contribution in [3.8, 4) is 0 Å². The number of carbonyl (C=O) groups excluding carboxylic acids is 2. The molecule has 0 radical (unpaired) electrons.